The summed E-state index contributed by atoms with van der Waals surface area (Å²) in [7, 11) is -0.524. The van der Waals surface area contributed by atoms with E-state index in [0.717, 1.165) is 0 Å². The molecule has 0 bridgehead atoms. The normalized spacial score (nSPS) is 11.4. The van der Waals surface area contributed by atoms with Crippen molar-refractivity contribution in [1.82, 2.24) is 0 Å². The third kappa shape index (κ3) is 1.57. The van der Waals surface area contributed by atoms with Crippen molar-refractivity contribution >= 4 is 25.1 Å². The van der Waals surface area contributed by atoms with Gasteiger partial charge in [-0.15, -0.1) is 0 Å². The Balaban J connectivity index is 3.39. The van der Waals surface area contributed by atoms with Gasteiger partial charge in [0, 0.05) is 0 Å². The summed E-state index contributed by atoms with van der Waals surface area (Å²) in [5, 5.41) is 1.40. The summed E-state index contributed by atoms with van der Waals surface area (Å²) in [6, 6.07) is 2.25. The van der Waals surface area contributed by atoms with Gasteiger partial charge in [0.2, 0.25) is 0 Å². The summed E-state index contributed by atoms with van der Waals surface area (Å²) in [5.41, 5.74) is 5.61. The van der Waals surface area contributed by atoms with E-state index in [9.17, 15) is 0 Å². The molecule has 0 amide bonds. The van der Waals surface area contributed by atoms with E-state index in [1.165, 1.54) is 27.4 Å². The Labute approximate surface area is 81.5 Å². The molecule has 0 heterocycles. The molecule has 0 aliphatic carbocycles. The van der Waals surface area contributed by atoms with Crippen molar-refractivity contribution < 1.29 is 0 Å². The fourth-order valence-electron chi connectivity index (χ4n) is 1.43. The first-order valence-electron chi connectivity index (χ1n) is 4.20. The quantitative estimate of drug-likeness (QED) is 0.478. The Morgan fingerprint density at radius 1 is 1.00 bits per heavy atom. The Hall–Kier alpha value is -0.273. The van der Waals surface area contributed by atoms with E-state index < -0.39 is 8.83 Å². The molecule has 0 radical (unpaired) electrons. The van der Waals surface area contributed by atoms with Crippen LogP contribution in [0.15, 0.2) is 6.07 Å². The Kier molecular flexibility index (Phi) is 2.97. The number of aryl methyl sites for hydroxylation is 1. The van der Waals surface area contributed by atoms with Gasteiger partial charge in [0.1, 0.15) is 0 Å². The van der Waals surface area contributed by atoms with Gasteiger partial charge >= 0.3 is 0 Å². The second-order valence-corrected chi connectivity index (χ2v) is 5.19. The van der Waals surface area contributed by atoms with E-state index in [2.05, 4.69) is 33.8 Å². The monoisotopic (exact) mass is 198 g/mol. The van der Waals surface area contributed by atoms with Crippen LogP contribution in [0.2, 0.25) is 0 Å². The maximum atomic E-state index is 5.97. The highest BCUT2D eigenvalue weighted by Gasteiger charge is 2.05. The molecule has 1 aromatic rings. The van der Waals surface area contributed by atoms with Gasteiger partial charge in [0.25, 0.3) is 0 Å². The third-order valence-electron chi connectivity index (χ3n) is 2.73. The van der Waals surface area contributed by atoms with Crippen molar-refractivity contribution in [2.45, 2.75) is 27.7 Å². The molecule has 0 N–H and O–H groups in total. The highest BCUT2D eigenvalue weighted by atomic mass is 35.6. The van der Waals surface area contributed by atoms with Gasteiger partial charge in [-0.05, 0) is 55.1 Å². The molecule has 1 aromatic carbocycles. The molecule has 0 fully saturated rings. The molecule has 0 atom stereocenters. The average Bonchev–Trinajstić information content (AvgIpc) is 2.08. The lowest BCUT2D eigenvalue weighted by Gasteiger charge is -2.11. The zero-order chi connectivity index (χ0) is 9.30. The van der Waals surface area contributed by atoms with Crippen LogP contribution in [0.25, 0.3) is 0 Å². The van der Waals surface area contributed by atoms with Crippen molar-refractivity contribution in [2.24, 2.45) is 0 Å². The fourth-order valence-corrected chi connectivity index (χ4v) is 3.12. The maximum absolute atomic E-state index is 5.97. The first kappa shape index (κ1) is 9.81. The standard InChI is InChI=1S/C10H15ClSi/c1-6-5-10(12-11)9(4)8(3)7(6)2/h5H,12H2,1-4H3. The van der Waals surface area contributed by atoms with E-state index in [-0.39, 0.29) is 0 Å². The summed E-state index contributed by atoms with van der Waals surface area (Å²) in [6.07, 6.45) is 0. The van der Waals surface area contributed by atoms with E-state index in [4.69, 9.17) is 11.1 Å². The summed E-state index contributed by atoms with van der Waals surface area (Å²) in [6.45, 7) is 8.69. The van der Waals surface area contributed by atoms with Crippen LogP contribution in [0.5, 0.6) is 0 Å². The Morgan fingerprint density at radius 2 is 1.58 bits per heavy atom. The molecule has 0 unspecified atom stereocenters. The molecule has 0 spiro atoms. The zero-order valence-corrected chi connectivity index (χ0v) is 10.3. The zero-order valence-electron chi connectivity index (χ0n) is 8.16. The lowest BCUT2D eigenvalue weighted by molar-refractivity contribution is 1.23. The number of hydrogen-bond donors (Lipinski definition) is 0. The first-order valence-corrected chi connectivity index (χ1v) is 7.04. The van der Waals surface area contributed by atoms with E-state index >= 15 is 0 Å². The SMILES string of the molecule is Cc1cc([SiH2]Cl)c(C)c(C)c1C. The van der Waals surface area contributed by atoms with Gasteiger partial charge in [-0.2, -0.15) is 11.1 Å². The molecule has 2 heteroatoms. The lowest BCUT2D eigenvalue weighted by Crippen LogP contribution is -2.16. The fraction of sp³-hybridized carbons (Fsp3) is 0.400. The first-order chi connectivity index (χ1) is 5.57. The van der Waals surface area contributed by atoms with Crippen LogP contribution in [0.4, 0.5) is 0 Å². The second-order valence-electron chi connectivity index (χ2n) is 3.36. The summed E-state index contributed by atoms with van der Waals surface area (Å²) >= 11 is 5.97. The second kappa shape index (κ2) is 3.63. The average molecular weight is 199 g/mol. The van der Waals surface area contributed by atoms with E-state index in [1.54, 1.807) is 0 Å². The van der Waals surface area contributed by atoms with Crippen molar-refractivity contribution in [3.05, 3.63) is 28.3 Å². The highest BCUT2D eigenvalue weighted by molar-refractivity contribution is 7.01. The number of rotatable bonds is 1. The molecule has 0 saturated heterocycles. The molecular weight excluding hydrogens is 184 g/mol. The van der Waals surface area contributed by atoms with Gasteiger partial charge in [-0.25, -0.2) is 0 Å². The predicted octanol–water partition coefficient (Wildman–Crippen LogP) is 1.87. The van der Waals surface area contributed by atoms with Crippen LogP contribution in [0.1, 0.15) is 22.3 Å². The molecule has 12 heavy (non-hydrogen) atoms. The van der Waals surface area contributed by atoms with Crippen LogP contribution in [-0.2, 0) is 0 Å². The van der Waals surface area contributed by atoms with Crippen molar-refractivity contribution in [3.8, 4) is 0 Å². The van der Waals surface area contributed by atoms with Gasteiger partial charge in [-0.1, -0.05) is 6.07 Å². The van der Waals surface area contributed by atoms with Crippen LogP contribution < -0.4 is 5.19 Å². The molecule has 0 aliphatic heterocycles. The lowest BCUT2D eigenvalue weighted by atomic mass is 10.00. The summed E-state index contributed by atoms with van der Waals surface area (Å²) < 4.78 is 0. The molecule has 0 aromatic heterocycles. The molecule has 0 nitrogen and oxygen atoms in total. The number of halogens is 1. The van der Waals surface area contributed by atoms with Crippen LogP contribution in [-0.4, -0.2) is 8.83 Å². The minimum absolute atomic E-state index is 0.524. The summed E-state index contributed by atoms with van der Waals surface area (Å²) in [5.74, 6) is 0. The largest absolute Gasteiger partial charge is 0.170 e. The Morgan fingerprint density at radius 3 is 2.08 bits per heavy atom. The van der Waals surface area contributed by atoms with Crippen LogP contribution in [0.3, 0.4) is 0 Å². The molecule has 0 saturated carbocycles. The minimum Gasteiger partial charge on any atom is -0.170 e. The Bertz CT molecular complexity index is 305. The molecule has 66 valence electrons. The number of hydrogen-bond acceptors (Lipinski definition) is 0. The van der Waals surface area contributed by atoms with E-state index in [0.29, 0.717) is 0 Å². The van der Waals surface area contributed by atoms with Crippen molar-refractivity contribution in [2.75, 3.05) is 0 Å². The van der Waals surface area contributed by atoms with Crippen molar-refractivity contribution in [3.63, 3.8) is 0 Å². The van der Waals surface area contributed by atoms with Crippen LogP contribution >= 0.6 is 11.1 Å². The summed E-state index contributed by atoms with van der Waals surface area (Å²) in [4.78, 5) is 0. The van der Waals surface area contributed by atoms with Crippen molar-refractivity contribution in [1.29, 1.82) is 0 Å². The molecule has 1 rings (SSSR count). The maximum Gasteiger partial charge on any atom is 0.156 e. The third-order valence-corrected chi connectivity index (χ3v) is 4.62. The molecular formula is C10H15ClSi. The van der Waals surface area contributed by atoms with Gasteiger partial charge in [-0.3, -0.25) is 0 Å². The van der Waals surface area contributed by atoms with Gasteiger partial charge < -0.3 is 0 Å². The minimum atomic E-state index is -0.524. The van der Waals surface area contributed by atoms with Crippen LogP contribution in [0, 0.1) is 27.7 Å². The smallest absolute Gasteiger partial charge is 0.156 e. The highest BCUT2D eigenvalue weighted by Crippen LogP contribution is 2.14. The van der Waals surface area contributed by atoms with Gasteiger partial charge in [0.05, 0.1) is 0 Å². The topological polar surface area (TPSA) is 0 Å². The van der Waals surface area contributed by atoms with Gasteiger partial charge in [0.15, 0.2) is 8.83 Å². The van der Waals surface area contributed by atoms with E-state index in [1.807, 2.05) is 0 Å². The predicted molar refractivity (Wildman–Crippen MR) is 59.4 cm³/mol. The number of benzene rings is 1. The molecule has 0 aliphatic rings.